The zero-order chi connectivity index (χ0) is 22.2. The third-order valence-corrected chi connectivity index (χ3v) is 7.17. The first kappa shape index (κ1) is 21.1. The van der Waals surface area contributed by atoms with E-state index in [1.165, 1.54) is 20.2 Å². The van der Waals surface area contributed by atoms with Gasteiger partial charge in [-0.05, 0) is 43.2 Å². The number of sulfonamides is 1. The lowest BCUT2D eigenvalue weighted by Gasteiger charge is -2.22. The summed E-state index contributed by atoms with van der Waals surface area (Å²) in [5, 5.41) is 2.78. The van der Waals surface area contributed by atoms with Crippen LogP contribution in [0.4, 0.5) is 11.6 Å². The van der Waals surface area contributed by atoms with Crippen molar-refractivity contribution in [2.75, 3.05) is 44.5 Å². The lowest BCUT2D eigenvalue weighted by Crippen LogP contribution is -2.25. The first-order valence-corrected chi connectivity index (χ1v) is 11.4. The second-order valence-electron chi connectivity index (χ2n) is 7.58. The van der Waals surface area contributed by atoms with Crippen LogP contribution in [0.5, 0.6) is 5.75 Å². The fraction of sp³-hybridized carbons (Fsp3) is 0.333. The molecule has 1 fully saturated rings. The van der Waals surface area contributed by atoms with E-state index in [-0.39, 0.29) is 10.8 Å². The number of methoxy groups -OCH3 is 1. The number of nitrogens with one attached hydrogen (secondary N) is 2. The van der Waals surface area contributed by atoms with Crippen molar-refractivity contribution in [3.05, 3.63) is 42.0 Å². The lowest BCUT2D eigenvalue weighted by molar-refractivity contribution is 0.102. The number of fused-ring (bicyclic) bond motifs is 1. The van der Waals surface area contributed by atoms with Gasteiger partial charge in [-0.25, -0.2) is 17.7 Å². The Bertz CT molecular complexity index is 1230. The predicted octanol–water partition coefficient (Wildman–Crippen LogP) is 2.67. The molecule has 3 aromatic rings. The fourth-order valence-electron chi connectivity index (χ4n) is 3.65. The molecule has 1 aromatic heterocycles. The number of hydrogen-bond acceptors (Lipinski definition) is 6. The molecule has 1 saturated heterocycles. The Morgan fingerprint density at radius 1 is 1.16 bits per heavy atom. The summed E-state index contributed by atoms with van der Waals surface area (Å²) in [5.41, 5.74) is 2.41. The van der Waals surface area contributed by atoms with Crippen LogP contribution in [0.2, 0.25) is 0 Å². The van der Waals surface area contributed by atoms with E-state index in [0.29, 0.717) is 22.5 Å². The number of ether oxygens (including phenoxy) is 1. The molecule has 1 amide bonds. The number of imidazole rings is 1. The number of aromatic nitrogens is 2. The number of benzene rings is 2. The normalized spacial score (nSPS) is 14.4. The highest BCUT2D eigenvalue weighted by Gasteiger charge is 2.25. The van der Waals surface area contributed by atoms with Gasteiger partial charge in [-0.15, -0.1) is 0 Å². The third kappa shape index (κ3) is 4.08. The summed E-state index contributed by atoms with van der Waals surface area (Å²) in [5.74, 6) is 0.525. The molecule has 1 aliphatic rings. The maximum Gasteiger partial charge on any atom is 0.260 e. The summed E-state index contributed by atoms with van der Waals surface area (Å²) < 4.78 is 31.6. The molecule has 9 nitrogen and oxygen atoms in total. The van der Waals surface area contributed by atoms with E-state index >= 15 is 0 Å². The van der Waals surface area contributed by atoms with Crippen molar-refractivity contribution in [2.24, 2.45) is 0 Å². The largest absolute Gasteiger partial charge is 0.497 e. The number of rotatable bonds is 6. The monoisotopic (exact) mass is 443 g/mol. The first-order chi connectivity index (χ1) is 14.8. The SMILES string of the molecule is COc1ccc2nc(NC(=O)c3cc(S(=O)(=O)N(C)C)ccc3N3CCCC3)[nH]c2c1. The van der Waals surface area contributed by atoms with Crippen molar-refractivity contribution in [3.63, 3.8) is 0 Å². The van der Waals surface area contributed by atoms with E-state index in [4.69, 9.17) is 4.74 Å². The number of anilines is 2. The van der Waals surface area contributed by atoms with Crippen LogP contribution >= 0.6 is 0 Å². The fourth-order valence-corrected chi connectivity index (χ4v) is 4.58. The minimum absolute atomic E-state index is 0.0694. The number of nitrogens with zero attached hydrogens (tertiary/aromatic N) is 3. The molecule has 2 aromatic carbocycles. The van der Waals surface area contributed by atoms with Crippen LogP contribution in [0.3, 0.4) is 0 Å². The average molecular weight is 444 g/mol. The van der Waals surface area contributed by atoms with Crippen molar-refractivity contribution >= 4 is 38.6 Å². The summed E-state index contributed by atoms with van der Waals surface area (Å²) in [7, 11) is 0.830. The molecule has 10 heteroatoms. The molecule has 0 bridgehead atoms. The second kappa shape index (κ2) is 8.20. The summed E-state index contributed by atoms with van der Waals surface area (Å²) in [6.45, 7) is 1.65. The van der Waals surface area contributed by atoms with Crippen LogP contribution in [0.25, 0.3) is 11.0 Å². The van der Waals surface area contributed by atoms with E-state index in [2.05, 4.69) is 20.2 Å². The molecule has 0 spiro atoms. The van der Waals surface area contributed by atoms with Crippen LogP contribution in [-0.4, -0.2) is 62.9 Å². The number of carbonyl (C=O) groups is 1. The average Bonchev–Trinajstić information content (AvgIpc) is 3.42. The molecule has 0 radical (unpaired) electrons. The van der Waals surface area contributed by atoms with Crippen LogP contribution < -0.4 is 15.0 Å². The van der Waals surface area contributed by atoms with Crippen LogP contribution in [0, 0.1) is 0 Å². The smallest absolute Gasteiger partial charge is 0.260 e. The van der Waals surface area contributed by atoms with E-state index in [1.807, 2.05) is 0 Å². The van der Waals surface area contributed by atoms with Crippen molar-refractivity contribution in [2.45, 2.75) is 17.7 Å². The maximum atomic E-state index is 13.2. The molecule has 164 valence electrons. The van der Waals surface area contributed by atoms with Gasteiger partial charge in [-0.2, -0.15) is 0 Å². The highest BCUT2D eigenvalue weighted by Crippen LogP contribution is 2.29. The molecule has 1 aliphatic heterocycles. The Kier molecular flexibility index (Phi) is 5.59. The Labute approximate surface area is 181 Å². The highest BCUT2D eigenvalue weighted by molar-refractivity contribution is 7.89. The standard InChI is InChI=1S/C21H25N5O4S/c1-25(2)31(28,29)15-7-9-19(26-10-4-5-11-26)16(13-15)20(27)24-21-22-17-8-6-14(30-3)12-18(17)23-21/h6-9,12-13H,4-5,10-11H2,1-3H3,(H2,22,23,24,27). The van der Waals surface area contributed by atoms with Gasteiger partial charge in [0, 0.05) is 38.9 Å². The Balaban J connectivity index is 1.71. The third-order valence-electron chi connectivity index (χ3n) is 5.36. The number of carbonyl (C=O) groups excluding carboxylic acids is 1. The van der Waals surface area contributed by atoms with Gasteiger partial charge in [0.25, 0.3) is 5.91 Å². The van der Waals surface area contributed by atoms with E-state index in [0.717, 1.165) is 35.8 Å². The van der Waals surface area contributed by atoms with Crippen molar-refractivity contribution in [3.8, 4) is 5.75 Å². The van der Waals surface area contributed by atoms with Crippen molar-refractivity contribution in [1.29, 1.82) is 0 Å². The second-order valence-corrected chi connectivity index (χ2v) is 9.73. The maximum absolute atomic E-state index is 13.2. The molecule has 0 aliphatic carbocycles. The van der Waals surface area contributed by atoms with Crippen molar-refractivity contribution < 1.29 is 17.9 Å². The first-order valence-electron chi connectivity index (χ1n) is 9.96. The molecular weight excluding hydrogens is 418 g/mol. The summed E-state index contributed by atoms with van der Waals surface area (Å²) >= 11 is 0. The minimum atomic E-state index is -3.68. The summed E-state index contributed by atoms with van der Waals surface area (Å²) in [4.78, 5) is 22.8. The van der Waals surface area contributed by atoms with Gasteiger partial charge in [0.1, 0.15) is 5.75 Å². The van der Waals surface area contributed by atoms with E-state index in [9.17, 15) is 13.2 Å². The molecule has 4 rings (SSSR count). The molecule has 0 saturated carbocycles. The highest BCUT2D eigenvalue weighted by atomic mass is 32.2. The Morgan fingerprint density at radius 2 is 1.90 bits per heavy atom. The molecule has 0 atom stereocenters. The Hall–Kier alpha value is -3.11. The van der Waals surface area contributed by atoms with Gasteiger partial charge in [-0.3, -0.25) is 10.1 Å². The summed E-state index contributed by atoms with van der Waals surface area (Å²) in [6, 6.07) is 10.1. The van der Waals surface area contributed by atoms with Gasteiger partial charge in [0.05, 0.1) is 28.6 Å². The number of hydrogen-bond donors (Lipinski definition) is 2. The molecular formula is C21H25N5O4S. The Morgan fingerprint density at radius 3 is 2.58 bits per heavy atom. The number of H-pyrrole nitrogens is 1. The molecule has 31 heavy (non-hydrogen) atoms. The van der Waals surface area contributed by atoms with Gasteiger partial charge >= 0.3 is 0 Å². The molecule has 2 heterocycles. The van der Waals surface area contributed by atoms with Gasteiger partial charge < -0.3 is 14.6 Å². The molecule has 2 N–H and O–H groups in total. The number of aromatic amines is 1. The van der Waals surface area contributed by atoms with Crippen molar-refractivity contribution in [1.82, 2.24) is 14.3 Å². The molecule has 0 unspecified atom stereocenters. The topological polar surface area (TPSA) is 108 Å². The zero-order valence-corrected chi connectivity index (χ0v) is 18.5. The summed E-state index contributed by atoms with van der Waals surface area (Å²) in [6.07, 6.45) is 2.06. The van der Waals surface area contributed by atoms with Gasteiger partial charge in [-0.1, -0.05) is 0 Å². The van der Waals surface area contributed by atoms with E-state index < -0.39 is 15.9 Å². The lowest BCUT2D eigenvalue weighted by atomic mass is 10.1. The zero-order valence-electron chi connectivity index (χ0n) is 17.7. The van der Waals surface area contributed by atoms with Crippen LogP contribution in [0.15, 0.2) is 41.3 Å². The van der Waals surface area contributed by atoms with Crippen LogP contribution in [0.1, 0.15) is 23.2 Å². The van der Waals surface area contributed by atoms with E-state index in [1.54, 1.807) is 37.4 Å². The van der Waals surface area contributed by atoms with Gasteiger partial charge in [0.2, 0.25) is 16.0 Å². The van der Waals surface area contributed by atoms with Gasteiger partial charge in [0.15, 0.2) is 0 Å². The quantitative estimate of drug-likeness (QED) is 0.607. The number of amides is 1. The van der Waals surface area contributed by atoms with Crippen LogP contribution in [-0.2, 0) is 10.0 Å². The minimum Gasteiger partial charge on any atom is -0.497 e. The predicted molar refractivity (Wildman–Crippen MR) is 119 cm³/mol.